The number of nitrogens with zero attached hydrogens (tertiary/aromatic N) is 1. The molecule has 1 atom stereocenters. The van der Waals surface area contributed by atoms with Crippen LogP contribution in [0.25, 0.3) is 0 Å². The van der Waals surface area contributed by atoms with Gasteiger partial charge in [0.1, 0.15) is 0 Å². The van der Waals surface area contributed by atoms with Crippen LogP contribution < -0.4 is 0 Å². The number of aliphatic hydroxyl groups is 1. The molecule has 0 saturated carbocycles. The first-order chi connectivity index (χ1) is 4.74. The maximum atomic E-state index is 9.22. The topological polar surface area (TPSA) is 23.5 Å². The normalized spacial score (nSPS) is 14.1. The molecular weight excluding hydrogens is 193 g/mol. The molecule has 0 rings (SSSR count). The molecule has 0 saturated heterocycles. The van der Waals surface area contributed by atoms with Gasteiger partial charge in [-0.15, -0.1) is 0 Å². The Labute approximate surface area is 71.4 Å². The zero-order valence-corrected chi connectivity index (χ0v) is 8.42. The Morgan fingerprint density at radius 1 is 1.40 bits per heavy atom. The molecule has 0 amide bonds. The van der Waals surface area contributed by atoms with Crippen molar-refractivity contribution in [2.24, 2.45) is 0 Å². The Hall–Kier alpha value is 0.439. The fourth-order valence-electron chi connectivity index (χ4n) is 0.833. The second kappa shape index (κ2) is 6.17. The summed E-state index contributed by atoms with van der Waals surface area (Å²) >= 11 is 2.82. The van der Waals surface area contributed by atoms with Crippen molar-refractivity contribution in [1.82, 2.24) is 4.90 Å². The summed E-state index contributed by atoms with van der Waals surface area (Å²) in [6.07, 6.45) is -0.195. The van der Waals surface area contributed by atoms with Crippen molar-refractivity contribution in [3.8, 4) is 0 Å². The molecule has 0 aromatic rings. The summed E-state index contributed by atoms with van der Waals surface area (Å²) in [5.74, 6) is 0. The van der Waals surface area contributed by atoms with E-state index in [1.807, 2.05) is 0 Å². The Balaban J connectivity index is 3.41. The van der Waals surface area contributed by atoms with Gasteiger partial charge in [0.15, 0.2) is 0 Å². The van der Waals surface area contributed by atoms with Crippen LogP contribution in [-0.4, -0.2) is 51.8 Å². The molecule has 3 heteroatoms. The molecule has 0 bridgehead atoms. The van der Waals surface area contributed by atoms with Crippen LogP contribution in [0.2, 0.25) is 5.32 Å². The molecule has 10 heavy (non-hydrogen) atoms. The Kier molecular flexibility index (Phi) is 6.44. The van der Waals surface area contributed by atoms with E-state index in [1.165, 1.54) is 0 Å². The predicted molar refractivity (Wildman–Crippen MR) is 44.4 cm³/mol. The van der Waals surface area contributed by atoms with Gasteiger partial charge in [-0.2, -0.15) is 0 Å². The third-order valence-electron chi connectivity index (χ3n) is 1.56. The van der Waals surface area contributed by atoms with Gasteiger partial charge in [0.2, 0.25) is 0 Å². The zero-order chi connectivity index (χ0) is 7.98. The first-order valence-electron chi connectivity index (χ1n) is 3.73. The van der Waals surface area contributed by atoms with Gasteiger partial charge in [0.25, 0.3) is 0 Å². The second-order valence-corrected chi connectivity index (χ2v) is 3.01. The molecule has 0 aliphatic rings. The van der Waals surface area contributed by atoms with Crippen molar-refractivity contribution in [2.45, 2.75) is 25.3 Å². The monoisotopic (exact) mass is 210 g/mol. The van der Waals surface area contributed by atoms with Crippen LogP contribution in [0.1, 0.15) is 13.8 Å². The number of rotatable bonds is 5. The molecule has 0 aliphatic heterocycles. The van der Waals surface area contributed by atoms with Gasteiger partial charge >= 0.3 is 70.9 Å². The molecule has 1 radical (unpaired) electrons. The number of aliphatic hydroxyl groups excluding tert-OH is 1. The van der Waals surface area contributed by atoms with Crippen molar-refractivity contribution < 1.29 is 5.11 Å². The molecule has 1 N–H and O–H groups in total. The van der Waals surface area contributed by atoms with Gasteiger partial charge in [0.05, 0.1) is 0 Å². The summed E-state index contributed by atoms with van der Waals surface area (Å²) in [5, 5.41) is 9.95. The average molecular weight is 209 g/mol. The van der Waals surface area contributed by atoms with Gasteiger partial charge < -0.3 is 0 Å². The maximum absolute atomic E-state index is 9.22. The fourth-order valence-corrected chi connectivity index (χ4v) is 1.05. The van der Waals surface area contributed by atoms with E-state index in [1.54, 1.807) is 0 Å². The fraction of sp³-hybridized carbons (Fsp3) is 1.00. The summed E-state index contributed by atoms with van der Waals surface area (Å²) in [4.78, 5) is 2.21. The third-order valence-corrected chi connectivity index (χ3v) is 2.36. The van der Waals surface area contributed by atoms with E-state index in [2.05, 4.69) is 34.8 Å². The van der Waals surface area contributed by atoms with Crippen LogP contribution in [0.5, 0.6) is 0 Å². The molecular formula is C7H16NOSe. The van der Waals surface area contributed by atoms with Crippen molar-refractivity contribution in [3.05, 3.63) is 0 Å². The molecule has 0 aromatic carbocycles. The van der Waals surface area contributed by atoms with E-state index >= 15 is 0 Å². The Morgan fingerprint density at radius 3 is 2.20 bits per heavy atom. The number of hydrogen-bond donors (Lipinski definition) is 1. The third kappa shape index (κ3) is 4.29. The van der Waals surface area contributed by atoms with E-state index in [-0.39, 0.29) is 6.10 Å². The molecule has 61 valence electrons. The first kappa shape index (κ1) is 10.4. The molecule has 0 fully saturated rings. The molecule has 0 spiro atoms. The molecule has 0 aliphatic carbocycles. The molecule has 1 unspecified atom stereocenters. The standard InChI is InChI=1S/C7H16NOSe/c1-3-8(4-2)5-7(9)6-10/h7,9H,3-6H2,1-2H3. The van der Waals surface area contributed by atoms with Gasteiger partial charge in [0, 0.05) is 0 Å². The summed E-state index contributed by atoms with van der Waals surface area (Å²) in [5.41, 5.74) is 0. The SMILES string of the molecule is CCN(CC)CC(O)C[Se]. The van der Waals surface area contributed by atoms with Crippen LogP contribution in [0.3, 0.4) is 0 Å². The van der Waals surface area contributed by atoms with E-state index in [0.717, 1.165) is 25.0 Å². The van der Waals surface area contributed by atoms with E-state index in [9.17, 15) is 5.11 Å². The minimum absolute atomic E-state index is 0.195. The van der Waals surface area contributed by atoms with Crippen LogP contribution >= 0.6 is 0 Å². The van der Waals surface area contributed by atoms with Crippen molar-refractivity contribution >= 4 is 16.0 Å². The van der Waals surface area contributed by atoms with E-state index in [0.29, 0.717) is 0 Å². The Bertz CT molecular complexity index is 76.0. The van der Waals surface area contributed by atoms with Crippen molar-refractivity contribution in [1.29, 1.82) is 0 Å². The summed E-state index contributed by atoms with van der Waals surface area (Å²) < 4.78 is 0. The zero-order valence-electron chi connectivity index (χ0n) is 6.71. The molecule has 0 heterocycles. The summed E-state index contributed by atoms with van der Waals surface area (Å²) in [6.45, 7) is 7.05. The van der Waals surface area contributed by atoms with Crippen LogP contribution in [0.15, 0.2) is 0 Å². The quantitative estimate of drug-likeness (QED) is 0.657. The molecule has 0 aromatic heterocycles. The Morgan fingerprint density at radius 2 is 1.90 bits per heavy atom. The van der Waals surface area contributed by atoms with Crippen molar-refractivity contribution in [3.63, 3.8) is 0 Å². The molecule has 2 nitrogen and oxygen atoms in total. The first-order valence-corrected chi connectivity index (χ1v) is 4.94. The number of hydrogen-bond acceptors (Lipinski definition) is 2. The number of likely N-dealkylation sites (N-methyl/N-ethyl adjacent to an activating group) is 1. The van der Waals surface area contributed by atoms with Crippen LogP contribution in [0, 0.1) is 0 Å². The van der Waals surface area contributed by atoms with Crippen LogP contribution in [-0.2, 0) is 0 Å². The van der Waals surface area contributed by atoms with E-state index < -0.39 is 0 Å². The van der Waals surface area contributed by atoms with Gasteiger partial charge in [-0.1, -0.05) is 0 Å². The minimum atomic E-state index is -0.195. The average Bonchev–Trinajstić information content (AvgIpc) is 1.99. The summed E-state index contributed by atoms with van der Waals surface area (Å²) in [6, 6.07) is 0. The van der Waals surface area contributed by atoms with Crippen LogP contribution in [0.4, 0.5) is 0 Å². The van der Waals surface area contributed by atoms with E-state index in [4.69, 9.17) is 0 Å². The van der Waals surface area contributed by atoms with Gasteiger partial charge in [-0.05, 0) is 0 Å². The second-order valence-electron chi connectivity index (χ2n) is 2.31. The van der Waals surface area contributed by atoms with Crippen molar-refractivity contribution in [2.75, 3.05) is 19.6 Å². The summed E-state index contributed by atoms with van der Waals surface area (Å²) in [7, 11) is 0. The van der Waals surface area contributed by atoms with Gasteiger partial charge in [-0.25, -0.2) is 0 Å². The van der Waals surface area contributed by atoms with Gasteiger partial charge in [-0.3, -0.25) is 0 Å². The predicted octanol–water partition coefficient (Wildman–Crippen LogP) is 0.276.